The van der Waals surface area contributed by atoms with Gasteiger partial charge >= 0.3 is 0 Å². The van der Waals surface area contributed by atoms with Gasteiger partial charge in [-0.2, -0.15) is 12.6 Å². The molecule has 1 saturated heterocycles. The van der Waals surface area contributed by atoms with Gasteiger partial charge in [0, 0.05) is 6.61 Å². The maximum Gasteiger partial charge on any atom is 0.0582 e. The van der Waals surface area contributed by atoms with E-state index in [-0.39, 0.29) is 0 Å². The van der Waals surface area contributed by atoms with E-state index in [1.807, 2.05) is 0 Å². The van der Waals surface area contributed by atoms with Gasteiger partial charge in [-0.1, -0.05) is 0 Å². The number of thiol groups is 1. The Morgan fingerprint density at radius 3 is 2.89 bits per heavy atom. The molecule has 1 heterocycles. The van der Waals surface area contributed by atoms with Crippen molar-refractivity contribution in [1.29, 1.82) is 0 Å². The smallest absolute Gasteiger partial charge is 0.0582 e. The lowest BCUT2D eigenvalue weighted by Gasteiger charge is -2.21. The fourth-order valence-electron chi connectivity index (χ4n) is 1.18. The van der Waals surface area contributed by atoms with Gasteiger partial charge in [0.2, 0.25) is 0 Å². The van der Waals surface area contributed by atoms with Crippen LogP contribution in [0.25, 0.3) is 0 Å². The van der Waals surface area contributed by atoms with E-state index in [1.54, 1.807) is 0 Å². The Morgan fingerprint density at radius 2 is 2.33 bits per heavy atom. The van der Waals surface area contributed by atoms with Crippen LogP contribution in [-0.2, 0) is 4.74 Å². The van der Waals surface area contributed by atoms with E-state index in [0.717, 1.165) is 18.8 Å². The molecule has 0 bridgehead atoms. The van der Waals surface area contributed by atoms with Gasteiger partial charge in [-0.15, -0.1) is 0 Å². The first-order chi connectivity index (χ1) is 4.43. The summed E-state index contributed by atoms with van der Waals surface area (Å²) in [4.78, 5) is 0. The molecule has 9 heavy (non-hydrogen) atoms. The Morgan fingerprint density at radius 1 is 1.44 bits per heavy atom. The summed E-state index contributed by atoms with van der Waals surface area (Å²) in [6, 6.07) is 0. The predicted molar refractivity (Wildman–Crippen MR) is 42.1 cm³/mol. The summed E-state index contributed by atoms with van der Waals surface area (Å²) >= 11 is 4.15. The van der Waals surface area contributed by atoms with Gasteiger partial charge in [0.05, 0.1) is 6.10 Å². The number of hydrogen-bond donors (Lipinski definition) is 1. The second-order valence-electron chi connectivity index (χ2n) is 2.50. The average molecular weight is 146 g/mol. The van der Waals surface area contributed by atoms with Crippen molar-refractivity contribution >= 4 is 12.6 Å². The molecule has 0 N–H and O–H groups in total. The minimum Gasteiger partial charge on any atom is -0.378 e. The molecule has 0 aromatic heterocycles. The molecule has 0 aliphatic carbocycles. The number of hydrogen-bond acceptors (Lipinski definition) is 2. The van der Waals surface area contributed by atoms with Gasteiger partial charge in [0.25, 0.3) is 0 Å². The van der Waals surface area contributed by atoms with Crippen LogP contribution in [0.3, 0.4) is 0 Å². The molecule has 0 aromatic rings. The lowest BCUT2D eigenvalue weighted by Crippen LogP contribution is -2.19. The lowest BCUT2D eigenvalue weighted by molar-refractivity contribution is 0.0150. The minimum absolute atomic E-state index is 0.524. The second kappa shape index (κ2) is 4.18. The molecule has 1 atom stereocenters. The van der Waals surface area contributed by atoms with E-state index in [9.17, 15) is 0 Å². The van der Waals surface area contributed by atoms with E-state index in [1.165, 1.54) is 19.3 Å². The molecule has 0 amide bonds. The highest BCUT2D eigenvalue weighted by Gasteiger charge is 2.11. The maximum absolute atomic E-state index is 5.47. The molecular weight excluding hydrogens is 132 g/mol. The van der Waals surface area contributed by atoms with Crippen LogP contribution >= 0.6 is 12.6 Å². The van der Waals surface area contributed by atoms with Gasteiger partial charge < -0.3 is 4.74 Å². The summed E-state index contributed by atoms with van der Waals surface area (Å²) in [6.07, 6.45) is 5.50. The fourth-order valence-corrected chi connectivity index (χ4v) is 1.47. The molecule has 0 spiro atoms. The third kappa shape index (κ3) is 2.59. The van der Waals surface area contributed by atoms with Crippen LogP contribution in [0.4, 0.5) is 0 Å². The standard InChI is InChI=1S/C7H14OS/c9-6-4-7-3-1-2-5-8-7/h7,9H,1-6H2. The van der Waals surface area contributed by atoms with E-state index in [0.29, 0.717) is 6.10 Å². The molecule has 2 heteroatoms. The first-order valence-corrected chi connectivity index (χ1v) is 4.29. The summed E-state index contributed by atoms with van der Waals surface area (Å²) in [5.74, 6) is 0.963. The van der Waals surface area contributed by atoms with E-state index < -0.39 is 0 Å². The van der Waals surface area contributed by atoms with Crippen molar-refractivity contribution in [3.05, 3.63) is 0 Å². The second-order valence-corrected chi connectivity index (χ2v) is 2.95. The summed E-state index contributed by atoms with van der Waals surface area (Å²) in [5.41, 5.74) is 0. The first kappa shape index (κ1) is 7.42. The number of ether oxygens (including phenoxy) is 1. The zero-order valence-electron chi connectivity index (χ0n) is 5.68. The predicted octanol–water partition coefficient (Wildman–Crippen LogP) is 1.88. The molecular formula is C7H14OS. The van der Waals surface area contributed by atoms with Crippen LogP contribution in [0.15, 0.2) is 0 Å². The Kier molecular flexibility index (Phi) is 3.44. The van der Waals surface area contributed by atoms with Gasteiger partial charge in [-0.05, 0) is 31.4 Å². The highest BCUT2D eigenvalue weighted by molar-refractivity contribution is 7.80. The van der Waals surface area contributed by atoms with Crippen molar-refractivity contribution < 1.29 is 4.74 Å². The van der Waals surface area contributed by atoms with Crippen LogP contribution in [0, 0.1) is 0 Å². The van der Waals surface area contributed by atoms with Crippen molar-refractivity contribution in [2.45, 2.75) is 31.8 Å². The van der Waals surface area contributed by atoms with Gasteiger partial charge in [0.15, 0.2) is 0 Å². The largest absolute Gasteiger partial charge is 0.378 e. The number of rotatable bonds is 2. The molecule has 1 aliphatic rings. The monoisotopic (exact) mass is 146 g/mol. The average Bonchev–Trinajstić information content (AvgIpc) is 1.91. The highest BCUT2D eigenvalue weighted by atomic mass is 32.1. The van der Waals surface area contributed by atoms with Crippen LogP contribution in [0.2, 0.25) is 0 Å². The van der Waals surface area contributed by atoms with Crippen molar-refractivity contribution in [2.24, 2.45) is 0 Å². The molecule has 0 saturated carbocycles. The van der Waals surface area contributed by atoms with Crippen LogP contribution < -0.4 is 0 Å². The van der Waals surface area contributed by atoms with E-state index in [2.05, 4.69) is 12.6 Å². The molecule has 1 aliphatic heterocycles. The normalized spacial score (nSPS) is 28.3. The molecule has 1 nitrogen and oxygen atoms in total. The van der Waals surface area contributed by atoms with Crippen LogP contribution in [0.1, 0.15) is 25.7 Å². The topological polar surface area (TPSA) is 9.23 Å². The minimum atomic E-state index is 0.524. The zero-order valence-corrected chi connectivity index (χ0v) is 6.57. The van der Waals surface area contributed by atoms with E-state index in [4.69, 9.17) is 4.74 Å². The van der Waals surface area contributed by atoms with E-state index >= 15 is 0 Å². The van der Waals surface area contributed by atoms with Crippen LogP contribution in [-0.4, -0.2) is 18.5 Å². The molecule has 1 unspecified atom stereocenters. The molecule has 0 radical (unpaired) electrons. The highest BCUT2D eigenvalue weighted by Crippen LogP contribution is 2.15. The molecule has 1 rings (SSSR count). The van der Waals surface area contributed by atoms with Crippen LogP contribution in [0.5, 0.6) is 0 Å². The SMILES string of the molecule is SCCC1CCCCO1. The Hall–Kier alpha value is 0.310. The summed E-state index contributed by atoms with van der Waals surface area (Å²) in [5, 5.41) is 0. The molecule has 54 valence electrons. The Labute approximate surface area is 62.2 Å². The zero-order chi connectivity index (χ0) is 6.53. The Balaban J connectivity index is 2.08. The third-order valence-electron chi connectivity index (χ3n) is 1.73. The lowest BCUT2D eigenvalue weighted by atomic mass is 10.1. The summed E-state index contributed by atoms with van der Waals surface area (Å²) in [6.45, 7) is 0.971. The van der Waals surface area contributed by atoms with Gasteiger partial charge in [0.1, 0.15) is 0 Å². The van der Waals surface area contributed by atoms with Gasteiger partial charge in [-0.3, -0.25) is 0 Å². The molecule has 1 fully saturated rings. The van der Waals surface area contributed by atoms with Crippen molar-refractivity contribution in [3.63, 3.8) is 0 Å². The van der Waals surface area contributed by atoms with Gasteiger partial charge in [-0.25, -0.2) is 0 Å². The first-order valence-electron chi connectivity index (χ1n) is 3.66. The summed E-state index contributed by atoms with van der Waals surface area (Å²) in [7, 11) is 0. The maximum atomic E-state index is 5.47. The van der Waals surface area contributed by atoms with Crippen molar-refractivity contribution in [2.75, 3.05) is 12.4 Å². The fraction of sp³-hybridized carbons (Fsp3) is 1.00. The third-order valence-corrected chi connectivity index (χ3v) is 1.98. The van der Waals surface area contributed by atoms with Crippen molar-refractivity contribution in [1.82, 2.24) is 0 Å². The quantitative estimate of drug-likeness (QED) is 0.585. The molecule has 0 aromatic carbocycles. The van der Waals surface area contributed by atoms with Crippen molar-refractivity contribution in [3.8, 4) is 0 Å². The summed E-state index contributed by atoms with van der Waals surface area (Å²) < 4.78 is 5.47. The Bertz CT molecular complexity index is 66.6.